The molecule has 0 saturated carbocycles. The number of rotatable bonds is 7. The molecule has 2 rings (SSSR count). The summed E-state index contributed by atoms with van der Waals surface area (Å²) in [5, 5.41) is 0.750. The van der Waals surface area contributed by atoms with E-state index in [2.05, 4.69) is 25.8 Å². The summed E-state index contributed by atoms with van der Waals surface area (Å²) in [7, 11) is 3.62. The van der Waals surface area contributed by atoms with Crippen LogP contribution in [0, 0.1) is 6.92 Å². The molecule has 0 fully saturated rings. The van der Waals surface area contributed by atoms with Crippen LogP contribution in [0.3, 0.4) is 0 Å². The van der Waals surface area contributed by atoms with Crippen LogP contribution in [0.15, 0.2) is 35.3 Å². The molecule has 0 N–H and O–H groups in total. The van der Waals surface area contributed by atoms with Gasteiger partial charge < -0.3 is 14.4 Å². The molecule has 0 amide bonds. The van der Waals surface area contributed by atoms with Gasteiger partial charge in [-0.3, -0.25) is 0 Å². The number of hydrogen-bond acceptors (Lipinski definition) is 3. The summed E-state index contributed by atoms with van der Waals surface area (Å²) in [6.45, 7) is 9.20. The monoisotopic (exact) mass is 374 g/mol. The molecular formula is C21H27ClN2O2. The van der Waals surface area contributed by atoms with Crippen LogP contribution < -0.4 is 9.47 Å². The summed E-state index contributed by atoms with van der Waals surface area (Å²) < 4.78 is 11.6. The zero-order chi connectivity index (χ0) is 19.3. The molecule has 140 valence electrons. The second-order valence-corrected chi connectivity index (χ2v) is 6.95. The molecule has 0 radical (unpaired) electrons. The summed E-state index contributed by atoms with van der Waals surface area (Å²) in [4.78, 5) is 6.54. The van der Waals surface area contributed by atoms with Crippen LogP contribution in [-0.4, -0.2) is 31.9 Å². The van der Waals surface area contributed by atoms with E-state index >= 15 is 0 Å². The first-order valence-electron chi connectivity index (χ1n) is 8.76. The highest BCUT2D eigenvalue weighted by molar-refractivity contribution is 6.31. The number of halogens is 1. The van der Waals surface area contributed by atoms with Crippen molar-refractivity contribution in [2.24, 2.45) is 4.99 Å². The van der Waals surface area contributed by atoms with Crippen molar-refractivity contribution in [2.45, 2.75) is 33.6 Å². The van der Waals surface area contributed by atoms with Crippen molar-refractivity contribution >= 4 is 23.6 Å². The molecule has 0 aliphatic heterocycles. The predicted octanol–water partition coefficient (Wildman–Crippen LogP) is 6.18. The fourth-order valence-electron chi connectivity index (χ4n) is 2.43. The topological polar surface area (TPSA) is 34.1 Å². The van der Waals surface area contributed by atoms with Crippen molar-refractivity contribution in [3.05, 3.63) is 46.5 Å². The molecule has 0 heterocycles. The second-order valence-electron chi connectivity index (χ2n) is 6.55. The van der Waals surface area contributed by atoms with E-state index in [0.717, 1.165) is 34.1 Å². The van der Waals surface area contributed by atoms with Gasteiger partial charge >= 0.3 is 0 Å². The molecule has 4 nitrogen and oxygen atoms in total. The van der Waals surface area contributed by atoms with E-state index in [1.807, 2.05) is 55.5 Å². The average molecular weight is 375 g/mol. The summed E-state index contributed by atoms with van der Waals surface area (Å²) in [6, 6.07) is 9.55. The van der Waals surface area contributed by atoms with Gasteiger partial charge in [0.25, 0.3) is 0 Å². The Morgan fingerprint density at radius 1 is 1.19 bits per heavy atom. The Kier molecular flexibility index (Phi) is 6.92. The molecule has 0 aliphatic carbocycles. The van der Waals surface area contributed by atoms with E-state index in [4.69, 9.17) is 21.1 Å². The average Bonchev–Trinajstić information content (AvgIpc) is 2.62. The highest BCUT2D eigenvalue weighted by atomic mass is 35.5. The van der Waals surface area contributed by atoms with Crippen molar-refractivity contribution in [1.29, 1.82) is 0 Å². The first-order valence-corrected chi connectivity index (χ1v) is 9.13. The lowest BCUT2D eigenvalue weighted by Crippen LogP contribution is -2.14. The van der Waals surface area contributed by atoms with Crippen LogP contribution in [0.5, 0.6) is 17.2 Å². The van der Waals surface area contributed by atoms with Crippen LogP contribution in [0.4, 0.5) is 5.69 Å². The number of ether oxygens (including phenoxy) is 2. The van der Waals surface area contributed by atoms with Crippen LogP contribution in [-0.2, 0) is 0 Å². The van der Waals surface area contributed by atoms with Gasteiger partial charge in [-0.1, -0.05) is 25.4 Å². The van der Waals surface area contributed by atoms with Crippen molar-refractivity contribution in [2.75, 3.05) is 20.7 Å². The molecule has 0 atom stereocenters. The number of aliphatic imine (C=N–C) groups is 1. The number of hydrogen-bond donors (Lipinski definition) is 0. The molecule has 0 aromatic heterocycles. The molecule has 2 aromatic rings. The van der Waals surface area contributed by atoms with Gasteiger partial charge in [0.05, 0.1) is 19.1 Å². The molecule has 0 aliphatic rings. The summed E-state index contributed by atoms with van der Waals surface area (Å²) in [6.07, 6.45) is 1.82. The molecule has 0 spiro atoms. The fourth-order valence-corrected chi connectivity index (χ4v) is 2.76. The third-order valence-electron chi connectivity index (χ3n) is 4.19. The normalized spacial score (nSPS) is 11.2. The smallest absolute Gasteiger partial charge is 0.169 e. The Morgan fingerprint density at radius 3 is 2.54 bits per heavy atom. The molecule has 2 aromatic carbocycles. The molecule has 0 bridgehead atoms. The van der Waals surface area contributed by atoms with Gasteiger partial charge in [-0.05, 0) is 55.2 Å². The summed E-state index contributed by atoms with van der Waals surface area (Å²) in [5.41, 5.74) is 2.93. The fraction of sp³-hybridized carbons (Fsp3) is 0.381. The molecule has 26 heavy (non-hydrogen) atoms. The molecule has 0 saturated heterocycles. The summed E-state index contributed by atoms with van der Waals surface area (Å²) >= 11 is 6.27. The quantitative estimate of drug-likeness (QED) is 0.428. The summed E-state index contributed by atoms with van der Waals surface area (Å²) in [5.74, 6) is 2.35. The second kappa shape index (κ2) is 8.95. The third-order valence-corrected chi connectivity index (χ3v) is 4.54. The molecular weight excluding hydrogens is 348 g/mol. The van der Waals surface area contributed by atoms with Crippen molar-refractivity contribution in [3.8, 4) is 17.2 Å². The van der Waals surface area contributed by atoms with Gasteiger partial charge in [0, 0.05) is 24.7 Å². The van der Waals surface area contributed by atoms with E-state index in [1.165, 1.54) is 0 Å². The largest absolute Gasteiger partial charge is 0.493 e. The van der Waals surface area contributed by atoms with Crippen molar-refractivity contribution in [1.82, 2.24) is 4.90 Å². The lowest BCUT2D eigenvalue weighted by atomic mass is 10.0. The standard InChI is InChI=1S/C21H27ClN2O2/c1-7-24(5)13-23-19-12-20(25-6)21(10-15(19)4)26-16-8-9-18(22)17(11-16)14(2)3/h8-14H,7H2,1-6H3. The number of nitrogens with zero attached hydrogens (tertiary/aromatic N) is 2. The van der Waals surface area contributed by atoms with Gasteiger partial charge in [-0.15, -0.1) is 0 Å². The van der Waals surface area contributed by atoms with Gasteiger partial charge in [0.1, 0.15) is 5.75 Å². The lowest BCUT2D eigenvalue weighted by Gasteiger charge is -2.15. The Bertz CT molecular complexity index is 788. The minimum atomic E-state index is 0.321. The predicted molar refractivity (Wildman–Crippen MR) is 110 cm³/mol. The van der Waals surface area contributed by atoms with Gasteiger partial charge in [-0.25, -0.2) is 4.99 Å². The van der Waals surface area contributed by atoms with E-state index in [-0.39, 0.29) is 0 Å². The molecule has 0 unspecified atom stereocenters. The Balaban J connectivity index is 2.34. The minimum Gasteiger partial charge on any atom is -0.493 e. The molecule has 5 heteroatoms. The van der Waals surface area contributed by atoms with E-state index in [0.29, 0.717) is 17.4 Å². The van der Waals surface area contributed by atoms with Gasteiger partial charge in [0.15, 0.2) is 11.5 Å². The maximum atomic E-state index is 6.27. The van der Waals surface area contributed by atoms with E-state index in [1.54, 1.807) is 7.11 Å². The lowest BCUT2D eigenvalue weighted by molar-refractivity contribution is 0.378. The maximum absolute atomic E-state index is 6.27. The van der Waals surface area contributed by atoms with Crippen LogP contribution in [0.25, 0.3) is 0 Å². The Morgan fingerprint density at radius 2 is 1.92 bits per heavy atom. The zero-order valence-electron chi connectivity index (χ0n) is 16.3. The van der Waals surface area contributed by atoms with Crippen LogP contribution >= 0.6 is 11.6 Å². The van der Waals surface area contributed by atoms with E-state index in [9.17, 15) is 0 Å². The van der Waals surface area contributed by atoms with Crippen LogP contribution in [0.1, 0.15) is 37.8 Å². The number of aryl methyl sites for hydroxylation is 1. The third kappa shape index (κ3) is 4.92. The Hall–Kier alpha value is -2.20. The number of benzene rings is 2. The van der Waals surface area contributed by atoms with Crippen molar-refractivity contribution in [3.63, 3.8) is 0 Å². The Labute approximate surface area is 161 Å². The number of methoxy groups -OCH3 is 1. The maximum Gasteiger partial charge on any atom is 0.169 e. The van der Waals surface area contributed by atoms with E-state index < -0.39 is 0 Å². The first kappa shape index (κ1) is 20.1. The highest BCUT2D eigenvalue weighted by Gasteiger charge is 2.12. The van der Waals surface area contributed by atoms with Crippen molar-refractivity contribution < 1.29 is 9.47 Å². The minimum absolute atomic E-state index is 0.321. The van der Waals surface area contributed by atoms with Crippen LogP contribution in [0.2, 0.25) is 5.02 Å². The van der Waals surface area contributed by atoms with Gasteiger partial charge in [0.2, 0.25) is 0 Å². The zero-order valence-corrected chi connectivity index (χ0v) is 17.1. The highest BCUT2D eigenvalue weighted by Crippen LogP contribution is 2.38. The van der Waals surface area contributed by atoms with Gasteiger partial charge in [-0.2, -0.15) is 0 Å². The first-order chi connectivity index (χ1) is 12.3. The SMILES string of the molecule is CCN(C)C=Nc1cc(OC)c(Oc2ccc(Cl)c(C(C)C)c2)cc1C.